The normalized spacial score (nSPS) is 15.9. The molecule has 24 heavy (non-hydrogen) atoms. The van der Waals surface area contributed by atoms with Crippen LogP contribution in [0.2, 0.25) is 18.1 Å². The highest BCUT2D eigenvalue weighted by atomic mass is 28.4. The van der Waals surface area contributed by atoms with Gasteiger partial charge in [0.1, 0.15) is 13.2 Å². The van der Waals surface area contributed by atoms with Crippen LogP contribution in [0.5, 0.6) is 11.5 Å². The molecule has 2 N–H and O–H groups in total. The van der Waals surface area contributed by atoms with Gasteiger partial charge in [0, 0.05) is 24.9 Å². The predicted molar refractivity (Wildman–Crippen MR) is 99.7 cm³/mol. The van der Waals surface area contributed by atoms with Crippen molar-refractivity contribution in [1.29, 1.82) is 0 Å². The monoisotopic (exact) mass is 353 g/mol. The molecule has 0 spiro atoms. The molecule has 0 saturated carbocycles. The number of benzene rings is 1. The third-order valence-electron chi connectivity index (χ3n) is 4.80. The molecular formula is C18H31NO4Si. The van der Waals surface area contributed by atoms with Crippen molar-refractivity contribution in [3.8, 4) is 11.5 Å². The first-order valence-electron chi connectivity index (χ1n) is 8.64. The van der Waals surface area contributed by atoms with E-state index in [1.807, 2.05) is 18.2 Å². The molecule has 0 unspecified atom stereocenters. The molecule has 0 bridgehead atoms. The summed E-state index contributed by atoms with van der Waals surface area (Å²) in [5.41, 5.74) is 0.920. The van der Waals surface area contributed by atoms with E-state index in [-0.39, 0.29) is 5.04 Å². The Morgan fingerprint density at radius 2 is 1.88 bits per heavy atom. The van der Waals surface area contributed by atoms with E-state index in [2.05, 4.69) is 39.2 Å². The molecule has 2 rings (SSSR count). The minimum Gasteiger partial charge on any atom is -0.486 e. The van der Waals surface area contributed by atoms with Crippen LogP contribution in [0.15, 0.2) is 18.2 Å². The Bertz CT molecular complexity index is 542. The van der Waals surface area contributed by atoms with Crippen molar-refractivity contribution in [2.24, 2.45) is 0 Å². The largest absolute Gasteiger partial charge is 0.486 e. The van der Waals surface area contributed by atoms with E-state index < -0.39 is 14.4 Å². The van der Waals surface area contributed by atoms with Gasteiger partial charge in [0.05, 0.1) is 6.10 Å². The molecule has 5 nitrogen and oxygen atoms in total. The third kappa shape index (κ3) is 5.13. The number of aliphatic hydroxyl groups is 1. The molecule has 6 heteroatoms. The Balaban J connectivity index is 1.74. The summed E-state index contributed by atoms with van der Waals surface area (Å²) < 4.78 is 17.2. The van der Waals surface area contributed by atoms with Crippen molar-refractivity contribution in [3.63, 3.8) is 0 Å². The van der Waals surface area contributed by atoms with Crippen LogP contribution < -0.4 is 14.8 Å². The van der Waals surface area contributed by atoms with E-state index in [0.717, 1.165) is 17.2 Å². The summed E-state index contributed by atoms with van der Waals surface area (Å²) in [6, 6.07) is 5.74. The van der Waals surface area contributed by atoms with E-state index in [1.54, 1.807) is 0 Å². The van der Waals surface area contributed by atoms with Gasteiger partial charge in [0.15, 0.2) is 19.8 Å². The summed E-state index contributed by atoms with van der Waals surface area (Å²) in [4.78, 5) is 0. The summed E-state index contributed by atoms with van der Waals surface area (Å²) in [5.74, 6) is 1.53. The number of hydrogen-bond acceptors (Lipinski definition) is 5. The number of fused-ring (bicyclic) bond motifs is 1. The summed E-state index contributed by atoms with van der Waals surface area (Å²) in [6.07, 6.45) is 0.187. The lowest BCUT2D eigenvalue weighted by atomic mass is 10.2. The minimum atomic E-state index is -1.74. The molecule has 1 aliphatic rings. The summed E-state index contributed by atoms with van der Waals surface area (Å²) >= 11 is 0. The van der Waals surface area contributed by atoms with Crippen LogP contribution in [-0.2, 0) is 4.43 Å². The number of ether oxygens (including phenoxy) is 2. The lowest BCUT2D eigenvalue weighted by Gasteiger charge is -2.36. The maximum atomic E-state index is 10.2. The van der Waals surface area contributed by atoms with E-state index in [1.165, 1.54) is 0 Å². The maximum Gasteiger partial charge on any atom is 0.191 e. The molecule has 1 aromatic rings. The fourth-order valence-corrected chi connectivity index (χ4v) is 3.22. The molecule has 1 aliphatic heterocycles. The SMILES string of the molecule is CC(C)(C)[Si](C)(C)OCC[C@@H](O)CNc1ccc2c(c1)OCCO2. The molecule has 1 aromatic carbocycles. The van der Waals surface area contributed by atoms with Crippen LogP contribution in [0.4, 0.5) is 5.69 Å². The average molecular weight is 354 g/mol. The summed E-state index contributed by atoms with van der Waals surface area (Å²) in [7, 11) is -1.74. The highest BCUT2D eigenvalue weighted by molar-refractivity contribution is 6.74. The fraction of sp³-hybridized carbons (Fsp3) is 0.667. The molecule has 0 saturated heterocycles. The Hall–Kier alpha value is -1.24. The van der Waals surface area contributed by atoms with Crippen molar-refractivity contribution >= 4 is 14.0 Å². The second kappa shape index (κ2) is 7.76. The van der Waals surface area contributed by atoms with Crippen LogP contribution in [0, 0.1) is 0 Å². The van der Waals surface area contributed by atoms with Gasteiger partial charge in [0.2, 0.25) is 0 Å². The number of rotatable bonds is 7. The third-order valence-corrected chi connectivity index (χ3v) is 9.34. The lowest BCUT2D eigenvalue weighted by Crippen LogP contribution is -2.41. The van der Waals surface area contributed by atoms with Crippen molar-refractivity contribution in [3.05, 3.63) is 18.2 Å². The maximum absolute atomic E-state index is 10.2. The Kier molecular flexibility index (Phi) is 6.17. The van der Waals surface area contributed by atoms with Crippen LogP contribution in [0.25, 0.3) is 0 Å². The molecule has 1 atom stereocenters. The molecule has 0 amide bonds. The van der Waals surface area contributed by atoms with Crippen LogP contribution >= 0.6 is 0 Å². The number of anilines is 1. The van der Waals surface area contributed by atoms with Gasteiger partial charge in [0.25, 0.3) is 0 Å². The van der Waals surface area contributed by atoms with Gasteiger partial charge in [-0.1, -0.05) is 20.8 Å². The second-order valence-corrected chi connectivity index (χ2v) is 12.6. The summed E-state index contributed by atoms with van der Waals surface area (Å²) in [5, 5.41) is 13.6. The highest BCUT2D eigenvalue weighted by Gasteiger charge is 2.36. The zero-order valence-electron chi connectivity index (χ0n) is 15.5. The average Bonchev–Trinajstić information content (AvgIpc) is 2.51. The molecule has 1 heterocycles. The highest BCUT2D eigenvalue weighted by Crippen LogP contribution is 2.36. The van der Waals surface area contributed by atoms with E-state index in [9.17, 15) is 5.11 Å². The first-order chi connectivity index (χ1) is 11.2. The predicted octanol–water partition coefficient (Wildman–Crippen LogP) is 3.64. The smallest absolute Gasteiger partial charge is 0.191 e. The van der Waals surface area contributed by atoms with Crippen molar-refractivity contribution < 1.29 is 19.0 Å². The topological polar surface area (TPSA) is 60.0 Å². The molecule has 0 aromatic heterocycles. The van der Waals surface area contributed by atoms with Crippen molar-refractivity contribution in [2.75, 3.05) is 31.7 Å². The first-order valence-corrected chi connectivity index (χ1v) is 11.6. The summed E-state index contributed by atoms with van der Waals surface area (Å²) in [6.45, 7) is 13.4. The van der Waals surface area contributed by atoms with Crippen LogP contribution in [-0.4, -0.2) is 45.9 Å². The molecule has 0 fully saturated rings. The molecule has 0 aliphatic carbocycles. The molecule has 136 valence electrons. The van der Waals surface area contributed by atoms with Crippen molar-refractivity contribution in [2.45, 2.75) is 51.4 Å². The zero-order valence-corrected chi connectivity index (χ0v) is 16.5. The minimum absolute atomic E-state index is 0.196. The van der Waals surface area contributed by atoms with Gasteiger partial charge >= 0.3 is 0 Å². The van der Waals surface area contributed by atoms with E-state index in [4.69, 9.17) is 13.9 Å². The van der Waals surface area contributed by atoms with Gasteiger partial charge in [-0.2, -0.15) is 0 Å². The van der Waals surface area contributed by atoms with Crippen molar-refractivity contribution in [1.82, 2.24) is 0 Å². The molecular weight excluding hydrogens is 322 g/mol. The Morgan fingerprint density at radius 1 is 1.21 bits per heavy atom. The number of aliphatic hydroxyl groups excluding tert-OH is 1. The Morgan fingerprint density at radius 3 is 2.54 bits per heavy atom. The first kappa shape index (κ1) is 19.1. The Labute approximate surface area is 146 Å². The number of nitrogens with one attached hydrogen (secondary N) is 1. The van der Waals surface area contributed by atoms with E-state index >= 15 is 0 Å². The zero-order chi connectivity index (χ0) is 17.8. The quantitative estimate of drug-likeness (QED) is 0.733. The lowest BCUT2D eigenvalue weighted by molar-refractivity contribution is 0.145. The standard InChI is InChI=1S/C18H31NO4Si/c1-18(2,3)24(4,5)23-9-8-15(20)13-19-14-6-7-16-17(12-14)22-11-10-21-16/h6-7,12,15,19-20H,8-11,13H2,1-5H3/t15-/m1/s1. The number of hydrogen-bond donors (Lipinski definition) is 2. The van der Waals surface area contributed by atoms with Crippen LogP contribution in [0.1, 0.15) is 27.2 Å². The van der Waals surface area contributed by atoms with Gasteiger partial charge in [-0.05, 0) is 36.7 Å². The van der Waals surface area contributed by atoms with Gasteiger partial charge < -0.3 is 24.3 Å². The molecule has 0 radical (unpaired) electrons. The van der Waals surface area contributed by atoms with Gasteiger partial charge in [-0.15, -0.1) is 0 Å². The second-order valence-electron chi connectivity index (χ2n) is 7.79. The fourth-order valence-electron chi connectivity index (χ4n) is 2.16. The van der Waals surface area contributed by atoms with Gasteiger partial charge in [-0.25, -0.2) is 0 Å². The van der Waals surface area contributed by atoms with Gasteiger partial charge in [-0.3, -0.25) is 0 Å². The van der Waals surface area contributed by atoms with E-state index in [0.29, 0.717) is 32.8 Å². The van der Waals surface area contributed by atoms with Crippen LogP contribution in [0.3, 0.4) is 0 Å².